The number of hydrogen-bond acceptors (Lipinski definition) is 6. The molecule has 0 N–H and O–H groups in total. The molecule has 0 radical (unpaired) electrons. The number of ether oxygens (including phenoxy) is 3. The fourth-order valence-corrected chi connectivity index (χ4v) is 8.31. The Labute approximate surface area is 380 Å². The molecule has 0 fully saturated rings. The minimum atomic E-state index is -0.763. The van der Waals surface area contributed by atoms with Gasteiger partial charge < -0.3 is 14.2 Å². The lowest BCUT2D eigenvalue weighted by Gasteiger charge is -2.18. The van der Waals surface area contributed by atoms with Gasteiger partial charge in [-0.25, -0.2) is 0 Å². The van der Waals surface area contributed by atoms with Crippen molar-refractivity contribution >= 4 is 17.9 Å². The molecule has 0 aromatic carbocycles. The maximum Gasteiger partial charge on any atom is 0.306 e. The summed E-state index contributed by atoms with van der Waals surface area (Å²) in [5.74, 6) is 0.798. The molecule has 0 rings (SSSR count). The molecular formula is C55H106O6. The van der Waals surface area contributed by atoms with E-state index in [1.165, 1.54) is 193 Å². The Bertz CT molecular complexity index is 933. The molecule has 2 atom stereocenters. The molecule has 6 heteroatoms. The van der Waals surface area contributed by atoms with E-state index in [1.807, 2.05) is 0 Å². The van der Waals surface area contributed by atoms with Gasteiger partial charge in [0.05, 0.1) is 0 Å². The van der Waals surface area contributed by atoms with Crippen molar-refractivity contribution in [2.75, 3.05) is 13.2 Å². The number of esters is 3. The van der Waals surface area contributed by atoms with Crippen molar-refractivity contribution in [1.29, 1.82) is 0 Å². The van der Waals surface area contributed by atoms with E-state index in [9.17, 15) is 14.4 Å². The van der Waals surface area contributed by atoms with Gasteiger partial charge in [0.25, 0.3) is 0 Å². The summed E-state index contributed by atoms with van der Waals surface area (Å²) in [5.41, 5.74) is 0. The monoisotopic (exact) mass is 863 g/mol. The Hall–Kier alpha value is -1.59. The first-order chi connectivity index (χ1) is 29.8. The molecule has 0 aromatic rings. The fourth-order valence-electron chi connectivity index (χ4n) is 8.31. The SMILES string of the molecule is CCCCCCCCCCCCCCCCCCCCC(=O)OC[C@H](COC(=O)CCCCCCCCC(C)CC)OC(=O)CCCCCCCCCCCCCCC(C)C. The molecule has 0 aliphatic carbocycles. The zero-order chi connectivity index (χ0) is 44.7. The number of unbranched alkanes of at least 4 members (excludes halogenated alkanes) is 33. The highest BCUT2D eigenvalue weighted by atomic mass is 16.6. The first-order valence-electron chi connectivity index (χ1n) is 27.3. The number of carbonyl (C=O) groups is 3. The van der Waals surface area contributed by atoms with Crippen LogP contribution < -0.4 is 0 Å². The zero-order valence-corrected chi connectivity index (χ0v) is 41.8. The Morgan fingerprint density at radius 2 is 0.623 bits per heavy atom. The van der Waals surface area contributed by atoms with Gasteiger partial charge >= 0.3 is 17.9 Å². The van der Waals surface area contributed by atoms with Crippen LogP contribution in [0.5, 0.6) is 0 Å². The van der Waals surface area contributed by atoms with E-state index in [1.54, 1.807) is 0 Å². The second-order valence-corrected chi connectivity index (χ2v) is 19.6. The summed E-state index contributed by atoms with van der Waals surface area (Å²) in [6.45, 7) is 11.4. The first-order valence-corrected chi connectivity index (χ1v) is 27.3. The third-order valence-corrected chi connectivity index (χ3v) is 12.8. The second-order valence-electron chi connectivity index (χ2n) is 19.6. The van der Waals surface area contributed by atoms with Gasteiger partial charge in [0.2, 0.25) is 0 Å². The van der Waals surface area contributed by atoms with Crippen LogP contribution in [0.25, 0.3) is 0 Å². The van der Waals surface area contributed by atoms with E-state index in [0.29, 0.717) is 19.3 Å². The van der Waals surface area contributed by atoms with Crippen molar-refractivity contribution in [3.8, 4) is 0 Å². The Morgan fingerprint density at radius 1 is 0.344 bits per heavy atom. The van der Waals surface area contributed by atoms with Crippen LogP contribution in [0.2, 0.25) is 0 Å². The van der Waals surface area contributed by atoms with Gasteiger partial charge in [0, 0.05) is 19.3 Å². The minimum Gasteiger partial charge on any atom is -0.462 e. The Balaban J connectivity index is 4.26. The molecule has 0 saturated carbocycles. The summed E-state index contributed by atoms with van der Waals surface area (Å²) in [4.78, 5) is 38.0. The van der Waals surface area contributed by atoms with Gasteiger partial charge in [0.1, 0.15) is 13.2 Å². The Morgan fingerprint density at radius 3 is 0.934 bits per heavy atom. The van der Waals surface area contributed by atoms with Crippen molar-refractivity contribution in [3.63, 3.8) is 0 Å². The van der Waals surface area contributed by atoms with Gasteiger partial charge in [-0.1, -0.05) is 266 Å². The second kappa shape index (κ2) is 47.9. The van der Waals surface area contributed by atoms with Gasteiger partial charge in [0.15, 0.2) is 6.10 Å². The number of rotatable bonds is 49. The maximum atomic E-state index is 12.8. The average Bonchev–Trinajstić information content (AvgIpc) is 3.24. The van der Waals surface area contributed by atoms with Crippen molar-refractivity contribution in [2.24, 2.45) is 11.8 Å². The van der Waals surface area contributed by atoms with E-state index >= 15 is 0 Å². The lowest BCUT2D eigenvalue weighted by molar-refractivity contribution is -0.167. The molecule has 1 unspecified atom stereocenters. The lowest BCUT2D eigenvalue weighted by Crippen LogP contribution is -2.30. The molecule has 0 aliphatic rings. The minimum absolute atomic E-state index is 0.0640. The molecule has 6 nitrogen and oxygen atoms in total. The predicted molar refractivity (Wildman–Crippen MR) is 261 cm³/mol. The number of carbonyl (C=O) groups excluding carboxylic acids is 3. The highest BCUT2D eigenvalue weighted by Crippen LogP contribution is 2.18. The number of hydrogen-bond donors (Lipinski definition) is 0. The van der Waals surface area contributed by atoms with E-state index < -0.39 is 6.10 Å². The van der Waals surface area contributed by atoms with Crippen LogP contribution in [0.1, 0.15) is 304 Å². The summed E-state index contributed by atoms with van der Waals surface area (Å²) in [7, 11) is 0. The van der Waals surface area contributed by atoms with Crippen molar-refractivity contribution < 1.29 is 28.6 Å². The smallest absolute Gasteiger partial charge is 0.306 e. The molecule has 0 spiro atoms. The van der Waals surface area contributed by atoms with E-state index in [2.05, 4.69) is 34.6 Å². The van der Waals surface area contributed by atoms with Crippen LogP contribution in [0.3, 0.4) is 0 Å². The van der Waals surface area contributed by atoms with Crippen LogP contribution in [0, 0.1) is 11.8 Å². The molecule has 0 bridgehead atoms. The molecule has 0 aliphatic heterocycles. The third-order valence-electron chi connectivity index (χ3n) is 12.8. The van der Waals surface area contributed by atoms with Crippen molar-refractivity contribution in [1.82, 2.24) is 0 Å². The van der Waals surface area contributed by atoms with Gasteiger partial charge in [-0.2, -0.15) is 0 Å². The third kappa shape index (κ3) is 47.7. The summed E-state index contributed by atoms with van der Waals surface area (Å²) in [6.07, 6.45) is 49.5. The van der Waals surface area contributed by atoms with Crippen LogP contribution in [0.4, 0.5) is 0 Å². The fraction of sp³-hybridized carbons (Fsp3) is 0.945. The highest BCUT2D eigenvalue weighted by Gasteiger charge is 2.19. The summed E-state index contributed by atoms with van der Waals surface area (Å²) < 4.78 is 16.8. The molecule has 61 heavy (non-hydrogen) atoms. The average molecular weight is 863 g/mol. The zero-order valence-electron chi connectivity index (χ0n) is 41.8. The molecule has 0 amide bonds. The molecule has 0 heterocycles. The van der Waals surface area contributed by atoms with E-state index in [4.69, 9.17) is 14.2 Å². The van der Waals surface area contributed by atoms with Crippen molar-refractivity contribution in [2.45, 2.75) is 310 Å². The quantitative estimate of drug-likeness (QED) is 0.0344. The van der Waals surface area contributed by atoms with Gasteiger partial charge in [-0.15, -0.1) is 0 Å². The topological polar surface area (TPSA) is 78.9 Å². The van der Waals surface area contributed by atoms with Gasteiger partial charge in [-0.05, 0) is 31.1 Å². The molecular weight excluding hydrogens is 757 g/mol. The highest BCUT2D eigenvalue weighted by molar-refractivity contribution is 5.71. The van der Waals surface area contributed by atoms with Crippen LogP contribution in [-0.4, -0.2) is 37.2 Å². The normalized spacial score (nSPS) is 12.5. The van der Waals surface area contributed by atoms with Crippen molar-refractivity contribution in [3.05, 3.63) is 0 Å². The molecule has 0 aromatic heterocycles. The van der Waals surface area contributed by atoms with Crippen LogP contribution in [-0.2, 0) is 28.6 Å². The van der Waals surface area contributed by atoms with E-state index in [0.717, 1.165) is 69.6 Å². The largest absolute Gasteiger partial charge is 0.462 e. The molecule has 362 valence electrons. The summed E-state index contributed by atoms with van der Waals surface area (Å²) in [5, 5.41) is 0. The summed E-state index contributed by atoms with van der Waals surface area (Å²) in [6, 6.07) is 0. The lowest BCUT2D eigenvalue weighted by atomic mass is 10.00. The first kappa shape index (κ1) is 59.4. The predicted octanol–water partition coefficient (Wildman–Crippen LogP) is 17.7. The van der Waals surface area contributed by atoms with Crippen LogP contribution >= 0.6 is 0 Å². The molecule has 0 saturated heterocycles. The summed E-state index contributed by atoms with van der Waals surface area (Å²) >= 11 is 0. The Kier molecular flexibility index (Phi) is 46.6. The van der Waals surface area contributed by atoms with Gasteiger partial charge in [-0.3, -0.25) is 14.4 Å². The van der Waals surface area contributed by atoms with E-state index in [-0.39, 0.29) is 31.1 Å². The standard InChI is InChI=1S/C55H106O6/c1-6-8-9-10-11-12-13-14-15-16-17-18-19-23-26-29-35-40-45-53(56)59-48-52(49-60-54(57)46-41-36-32-31-34-39-44-51(5)7-2)61-55(58)47-42-37-30-27-24-21-20-22-25-28-33-38-43-50(3)4/h50-52H,6-49H2,1-5H3/t51?,52-/m1/s1. The maximum absolute atomic E-state index is 12.8. The van der Waals surface area contributed by atoms with Crippen LogP contribution in [0.15, 0.2) is 0 Å².